The van der Waals surface area contributed by atoms with E-state index in [1.165, 1.54) is 0 Å². The third-order valence-corrected chi connectivity index (χ3v) is 2.12. The Morgan fingerprint density at radius 3 is 2.09 bits per heavy atom. The summed E-state index contributed by atoms with van der Waals surface area (Å²) in [4.78, 5) is 0. The van der Waals surface area contributed by atoms with Crippen LogP contribution in [0.4, 0.5) is 0 Å². The molecule has 0 amide bonds. The largest absolute Gasteiger partial charge is 0.0878 e. The molecule has 58 valence electrons. The summed E-state index contributed by atoms with van der Waals surface area (Å²) in [5.41, 5.74) is 0.960. The Morgan fingerprint density at radius 1 is 1.09 bits per heavy atom. The minimum atomic E-state index is 0.618. The normalized spacial score (nSPS) is 12.6. The molecule has 0 aromatic heterocycles. The van der Waals surface area contributed by atoms with Gasteiger partial charge in [-0.3, -0.25) is 0 Å². The van der Waals surface area contributed by atoms with Crippen LogP contribution in [0.15, 0.2) is 35.4 Å². The number of benzene rings is 1. The molecule has 0 aliphatic rings. The van der Waals surface area contributed by atoms with E-state index < -0.39 is 0 Å². The van der Waals surface area contributed by atoms with Gasteiger partial charge in [0.2, 0.25) is 0 Å². The van der Waals surface area contributed by atoms with Gasteiger partial charge in [0, 0.05) is 5.03 Å². The molecule has 0 nitrogen and oxygen atoms in total. The molecule has 1 aromatic carbocycles. The van der Waals surface area contributed by atoms with Crippen LogP contribution in [0, 0.1) is 0 Å². The fraction of sp³-hybridized carbons (Fsp3) is 0.111. The number of hydrogen-bond donors (Lipinski definition) is 0. The molecular weight excluding hydrogens is 179 g/mol. The summed E-state index contributed by atoms with van der Waals surface area (Å²) in [6.45, 7) is 1.77. The van der Waals surface area contributed by atoms with Crippen molar-refractivity contribution in [2.75, 3.05) is 0 Å². The van der Waals surface area contributed by atoms with Crippen molar-refractivity contribution in [1.82, 2.24) is 0 Å². The molecule has 0 fully saturated rings. The van der Waals surface area contributed by atoms with Crippen molar-refractivity contribution < 1.29 is 0 Å². The van der Waals surface area contributed by atoms with E-state index in [4.69, 9.17) is 23.2 Å². The second-order valence-electron chi connectivity index (χ2n) is 2.21. The number of hydrogen-bond acceptors (Lipinski definition) is 0. The lowest BCUT2D eigenvalue weighted by molar-refractivity contribution is 1.61. The summed E-state index contributed by atoms with van der Waals surface area (Å²) in [6.07, 6.45) is 0. The van der Waals surface area contributed by atoms with Gasteiger partial charge >= 0.3 is 0 Å². The third-order valence-electron chi connectivity index (χ3n) is 1.33. The van der Waals surface area contributed by atoms with E-state index in [1.807, 2.05) is 30.3 Å². The number of rotatable bonds is 1. The van der Waals surface area contributed by atoms with Crippen molar-refractivity contribution in [2.24, 2.45) is 0 Å². The van der Waals surface area contributed by atoms with E-state index in [1.54, 1.807) is 6.92 Å². The van der Waals surface area contributed by atoms with E-state index in [2.05, 4.69) is 0 Å². The van der Waals surface area contributed by atoms with Crippen LogP contribution in [-0.2, 0) is 0 Å². The Bertz CT molecular complexity index is 258. The summed E-state index contributed by atoms with van der Waals surface area (Å²) < 4.78 is 0. The van der Waals surface area contributed by atoms with Crippen molar-refractivity contribution >= 4 is 28.2 Å². The number of halogens is 2. The van der Waals surface area contributed by atoms with Gasteiger partial charge in [-0.15, -0.1) is 0 Å². The highest BCUT2D eigenvalue weighted by Gasteiger charge is 1.98. The highest BCUT2D eigenvalue weighted by atomic mass is 35.5. The molecule has 2 heteroatoms. The molecule has 0 heterocycles. The smallest absolute Gasteiger partial charge is 0.0620 e. The highest BCUT2D eigenvalue weighted by Crippen LogP contribution is 2.24. The van der Waals surface area contributed by atoms with Crippen LogP contribution in [0.3, 0.4) is 0 Å². The average Bonchev–Trinajstić information content (AvgIpc) is 2.05. The molecule has 0 radical (unpaired) electrons. The first kappa shape index (κ1) is 8.63. The number of allylic oxidation sites excluding steroid dienone is 1. The van der Waals surface area contributed by atoms with Crippen molar-refractivity contribution in [3.05, 3.63) is 40.9 Å². The Labute approximate surface area is 76.4 Å². The molecule has 0 aliphatic carbocycles. The second-order valence-corrected chi connectivity index (χ2v) is 3.16. The average molecular weight is 187 g/mol. The van der Waals surface area contributed by atoms with Gasteiger partial charge in [0.25, 0.3) is 0 Å². The minimum absolute atomic E-state index is 0.618. The summed E-state index contributed by atoms with van der Waals surface area (Å²) in [6, 6.07) is 9.65. The third kappa shape index (κ3) is 2.25. The molecule has 1 aromatic rings. The van der Waals surface area contributed by atoms with Crippen molar-refractivity contribution in [3.63, 3.8) is 0 Å². The summed E-state index contributed by atoms with van der Waals surface area (Å²) in [5, 5.41) is 1.24. The molecule has 1 rings (SSSR count). The first-order valence-corrected chi connectivity index (χ1v) is 4.04. The van der Waals surface area contributed by atoms with Gasteiger partial charge in [-0.1, -0.05) is 53.5 Å². The quantitative estimate of drug-likeness (QED) is 0.626. The van der Waals surface area contributed by atoms with Gasteiger partial charge in [-0.25, -0.2) is 0 Å². The van der Waals surface area contributed by atoms with Crippen molar-refractivity contribution in [1.29, 1.82) is 0 Å². The molecular formula is C9H8Cl2. The molecule has 0 spiro atoms. The van der Waals surface area contributed by atoms with Gasteiger partial charge in [-0.05, 0) is 12.5 Å². The summed E-state index contributed by atoms with van der Waals surface area (Å²) in [5.74, 6) is 0. The van der Waals surface area contributed by atoms with E-state index in [9.17, 15) is 0 Å². The lowest BCUT2D eigenvalue weighted by Crippen LogP contribution is -1.75. The molecule has 0 aliphatic heterocycles. The van der Waals surface area contributed by atoms with Crippen molar-refractivity contribution in [3.8, 4) is 0 Å². The maximum Gasteiger partial charge on any atom is 0.0620 e. The zero-order chi connectivity index (χ0) is 8.27. The van der Waals surface area contributed by atoms with Gasteiger partial charge in [0.05, 0.1) is 5.03 Å². The van der Waals surface area contributed by atoms with E-state index in [0.717, 1.165) is 5.56 Å². The zero-order valence-electron chi connectivity index (χ0n) is 6.14. The molecule has 0 atom stereocenters. The van der Waals surface area contributed by atoms with E-state index >= 15 is 0 Å². The lowest BCUT2D eigenvalue weighted by atomic mass is 10.2. The SMILES string of the molecule is C/C(Cl)=C(/Cl)c1ccccc1. The fourth-order valence-corrected chi connectivity index (χ4v) is 1.02. The lowest BCUT2D eigenvalue weighted by Gasteiger charge is -1.98. The second kappa shape index (κ2) is 3.80. The standard InChI is InChI=1S/C9H8Cl2/c1-7(10)9(11)8-5-3-2-4-6-8/h2-6H,1H3/b9-7-. The summed E-state index contributed by atoms with van der Waals surface area (Å²) in [7, 11) is 0. The monoisotopic (exact) mass is 186 g/mol. The van der Waals surface area contributed by atoms with Crippen LogP contribution in [0.2, 0.25) is 0 Å². The first-order valence-electron chi connectivity index (χ1n) is 3.29. The minimum Gasteiger partial charge on any atom is -0.0878 e. The highest BCUT2D eigenvalue weighted by molar-refractivity contribution is 6.54. The van der Waals surface area contributed by atoms with Crippen LogP contribution in [0.1, 0.15) is 12.5 Å². The predicted octanol–water partition coefficient (Wildman–Crippen LogP) is 3.85. The summed E-state index contributed by atoms with van der Waals surface area (Å²) >= 11 is 11.6. The van der Waals surface area contributed by atoms with Crippen LogP contribution in [0.25, 0.3) is 5.03 Å². The van der Waals surface area contributed by atoms with Gasteiger partial charge in [0.1, 0.15) is 0 Å². The maximum absolute atomic E-state index is 5.89. The van der Waals surface area contributed by atoms with E-state index in [0.29, 0.717) is 10.1 Å². The first-order chi connectivity index (χ1) is 5.22. The van der Waals surface area contributed by atoms with E-state index in [-0.39, 0.29) is 0 Å². The molecule has 0 saturated heterocycles. The van der Waals surface area contributed by atoms with Crippen molar-refractivity contribution in [2.45, 2.75) is 6.92 Å². The maximum atomic E-state index is 5.89. The molecule has 0 bridgehead atoms. The fourth-order valence-electron chi connectivity index (χ4n) is 0.783. The van der Waals surface area contributed by atoms with Gasteiger partial charge in [0.15, 0.2) is 0 Å². The van der Waals surface area contributed by atoms with Crippen LogP contribution in [0.5, 0.6) is 0 Å². The molecule has 0 N–H and O–H groups in total. The Balaban J connectivity index is 3.04. The molecule has 11 heavy (non-hydrogen) atoms. The van der Waals surface area contributed by atoms with Gasteiger partial charge < -0.3 is 0 Å². The topological polar surface area (TPSA) is 0 Å². The van der Waals surface area contributed by atoms with Crippen LogP contribution in [-0.4, -0.2) is 0 Å². The zero-order valence-corrected chi connectivity index (χ0v) is 7.65. The van der Waals surface area contributed by atoms with Gasteiger partial charge in [-0.2, -0.15) is 0 Å². The Kier molecular flexibility index (Phi) is 2.98. The predicted molar refractivity (Wildman–Crippen MR) is 50.7 cm³/mol. The van der Waals surface area contributed by atoms with Crippen LogP contribution >= 0.6 is 23.2 Å². The Morgan fingerprint density at radius 2 is 1.64 bits per heavy atom. The Hall–Kier alpha value is -0.460. The molecule has 0 unspecified atom stereocenters. The molecule has 0 saturated carbocycles. The van der Waals surface area contributed by atoms with Crippen LogP contribution < -0.4 is 0 Å².